The summed E-state index contributed by atoms with van der Waals surface area (Å²) in [5, 5.41) is 9.42. The Kier molecular flexibility index (Phi) is 4.38. The number of carbonyl (C=O) groups is 1. The topological polar surface area (TPSA) is 66.6 Å². The van der Waals surface area contributed by atoms with E-state index in [1.54, 1.807) is 30.1 Å². The number of nitrogens with zero attached hydrogens (tertiary/aromatic N) is 1. The van der Waals surface area contributed by atoms with Crippen LogP contribution in [0.15, 0.2) is 54.6 Å². The molecule has 0 saturated heterocycles. The molecule has 0 aromatic heterocycles. The Morgan fingerprint density at radius 2 is 1.90 bits per heavy atom. The second-order valence-corrected chi connectivity index (χ2v) is 4.75. The molecule has 0 aliphatic carbocycles. The van der Waals surface area contributed by atoms with Crippen molar-refractivity contribution in [2.45, 2.75) is 12.6 Å². The van der Waals surface area contributed by atoms with Gasteiger partial charge in [0.05, 0.1) is 0 Å². The zero-order valence-corrected chi connectivity index (χ0v) is 11.4. The first kappa shape index (κ1) is 14.1. The molecular formula is C16H18N2O2. The summed E-state index contributed by atoms with van der Waals surface area (Å²) in [7, 11) is 1.70. The number of likely N-dealkylation sites (N-methyl/N-ethyl adjacent to an activating group) is 1. The van der Waals surface area contributed by atoms with Crippen molar-refractivity contribution in [3.8, 4) is 5.75 Å². The first-order valence-corrected chi connectivity index (χ1v) is 6.41. The third-order valence-corrected chi connectivity index (χ3v) is 3.13. The van der Waals surface area contributed by atoms with E-state index >= 15 is 0 Å². The van der Waals surface area contributed by atoms with E-state index in [0.717, 1.165) is 11.1 Å². The fraction of sp³-hybridized carbons (Fsp3) is 0.188. The maximum absolute atomic E-state index is 12.3. The molecule has 0 radical (unpaired) electrons. The van der Waals surface area contributed by atoms with Crippen LogP contribution >= 0.6 is 0 Å². The molecule has 2 rings (SSSR count). The highest BCUT2D eigenvalue weighted by Crippen LogP contribution is 2.16. The third kappa shape index (κ3) is 3.36. The highest BCUT2D eigenvalue weighted by Gasteiger charge is 2.19. The van der Waals surface area contributed by atoms with Crippen LogP contribution in [0.1, 0.15) is 17.2 Å². The highest BCUT2D eigenvalue weighted by molar-refractivity contribution is 5.82. The summed E-state index contributed by atoms with van der Waals surface area (Å²) in [6, 6.07) is 15.5. The van der Waals surface area contributed by atoms with Crippen LogP contribution in [-0.4, -0.2) is 23.0 Å². The van der Waals surface area contributed by atoms with E-state index in [1.165, 1.54) is 0 Å². The highest BCUT2D eigenvalue weighted by atomic mass is 16.3. The predicted octanol–water partition coefficient (Wildman–Crippen LogP) is 2.05. The number of phenols is 1. The summed E-state index contributed by atoms with van der Waals surface area (Å²) in [5.74, 6) is 0.0373. The van der Waals surface area contributed by atoms with E-state index in [2.05, 4.69) is 0 Å². The van der Waals surface area contributed by atoms with Gasteiger partial charge in [0.15, 0.2) is 0 Å². The monoisotopic (exact) mass is 270 g/mol. The Balaban J connectivity index is 2.05. The normalized spacial score (nSPS) is 11.9. The van der Waals surface area contributed by atoms with E-state index in [0.29, 0.717) is 6.54 Å². The van der Waals surface area contributed by atoms with Crippen molar-refractivity contribution in [3.05, 3.63) is 65.7 Å². The van der Waals surface area contributed by atoms with Crippen molar-refractivity contribution in [3.63, 3.8) is 0 Å². The number of hydrogen-bond acceptors (Lipinski definition) is 3. The molecule has 0 bridgehead atoms. The number of rotatable bonds is 4. The zero-order valence-electron chi connectivity index (χ0n) is 11.4. The molecule has 0 unspecified atom stereocenters. The lowest BCUT2D eigenvalue weighted by molar-refractivity contribution is -0.131. The molecule has 1 atom stereocenters. The Labute approximate surface area is 118 Å². The molecule has 0 spiro atoms. The van der Waals surface area contributed by atoms with Gasteiger partial charge in [-0.25, -0.2) is 0 Å². The summed E-state index contributed by atoms with van der Waals surface area (Å²) < 4.78 is 0. The fourth-order valence-corrected chi connectivity index (χ4v) is 2.05. The van der Waals surface area contributed by atoms with Crippen molar-refractivity contribution >= 4 is 5.91 Å². The largest absolute Gasteiger partial charge is 0.508 e. The lowest BCUT2D eigenvalue weighted by Crippen LogP contribution is -2.35. The molecule has 3 N–H and O–H groups in total. The summed E-state index contributed by atoms with van der Waals surface area (Å²) in [4.78, 5) is 13.8. The quantitative estimate of drug-likeness (QED) is 0.893. The van der Waals surface area contributed by atoms with E-state index in [4.69, 9.17) is 5.73 Å². The minimum Gasteiger partial charge on any atom is -0.508 e. The number of carbonyl (C=O) groups excluding carboxylic acids is 1. The molecule has 0 aliphatic rings. The molecule has 4 nitrogen and oxygen atoms in total. The summed E-state index contributed by atoms with van der Waals surface area (Å²) >= 11 is 0. The summed E-state index contributed by atoms with van der Waals surface area (Å²) in [5.41, 5.74) is 7.64. The van der Waals surface area contributed by atoms with Gasteiger partial charge in [0, 0.05) is 13.6 Å². The number of aromatic hydroxyl groups is 1. The number of hydrogen-bond donors (Lipinski definition) is 2. The molecule has 1 amide bonds. The van der Waals surface area contributed by atoms with Gasteiger partial charge in [-0.05, 0) is 23.3 Å². The second-order valence-electron chi connectivity index (χ2n) is 4.75. The van der Waals surface area contributed by atoms with Crippen LogP contribution < -0.4 is 5.73 Å². The Morgan fingerprint density at radius 1 is 1.20 bits per heavy atom. The number of nitrogens with two attached hydrogens (primary N) is 1. The smallest absolute Gasteiger partial charge is 0.244 e. The van der Waals surface area contributed by atoms with Gasteiger partial charge in [-0.1, -0.05) is 42.5 Å². The molecule has 2 aromatic rings. The van der Waals surface area contributed by atoms with Gasteiger partial charge in [-0.15, -0.1) is 0 Å². The Morgan fingerprint density at radius 3 is 2.55 bits per heavy atom. The van der Waals surface area contributed by atoms with E-state index in [9.17, 15) is 9.90 Å². The molecular weight excluding hydrogens is 252 g/mol. The lowest BCUT2D eigenvalue weighted by atomic mass is 10.1. The Bertz CT molecular complexity index is 584. The van der Waals surface area contributed by atoms with E-state index in [-0.39, 0.29) is 11.7 Å². The SMILES string of the molecule is CN(Cc1cccc(O)c1)C(=O)[C@@H](N)c1ccccc1. The Hall–Kier alpha value is -2.33. The first-order chi connectivity index (χ1) is 9.58. The van der Waals surface area contributed by atoms with Crippen molar-refractivity contribution in [1.82, 2.24) is 4.90 Å². The fourth-order valence-electron chi connectivity index (χ4n) is 2.05. The maximum Gasteiger partial charge on any atom is 0.244 e. The van der Waals surface area contributed by atoms with Crippen LogP contribution in [0, 0.1) is 0 Å². The molecule has 0 fully saturated rings. The summed E-state index contributed by atoms with van der Waals surface area (Å²) in [6.07, 6.45) is 0. The second kappa shape index (κ2) is 6.21. The van der Waals surface area contributed by atoms with Crippen molar-refractivity contribution in [2.24, 2.45) is 5.73 Å². The van der Waals surface area contributed by atoms with Gasteiger partial charge in [-0.2, -0.15) is 0 Å². The van der Waals surface area contributed by atoms with Crippen LogP contribution in [0.2, 0.25) is 0 Å². The zero-order chi connectivity index (χ0) is 14.5. The minimum atomic E-state index is -0.668. The van der Waals surface area contributed by atoms with E-state index < -0.39 is 6.04 Å². The molecule has 0 aliphatic heterocycles. The summed E-state index contributed by atoms with van der Waals surface area (Å²) in [6.45, 7) is 0.410. The van der Waals surface area contributed by atoms with Crippen LogP contribution in [0.3, 0.4) is 0 Å². The minimum absolute atomic E-state index is 0.153. The molecule has 4 heteroatoms. The molecule has 2 aromatic carbocycles. The van der Waals surface area contributed by atoms with Gasteiger partial charge in [0.1, 0.15) is 11.8 Å². The van der Waals surface area contributed by atoms with Gasteiger partial charge in [0.2, 0.25) is 5.91 Å². The number of benzene rings is 2. The standard InChI is InChI=1S/C16H18N2O2/c1-18(11-12-6-5-9-14(19)10-12)16(20)15(17)13-7-3-2-4-8-13/h2-10,15,19H,11,17H2,1H3/t15-/m0/s1. The van der Waals surface area contributed by atoms with Gasteiger partial charge in [0.25, 0.3) is 0 Å². The van der Waals surface area contributed by atoms with Crippen molar-refractivity contribution in [2.75, 3.05) is 7.05 Å². The third-order valence-electron chi connectivity index (χ3n) is 3.13. The van der Waals surface area contributed by atoms with Gasteiger partial charge >= 0.3 is 0 Å². The maximum atomic E-state index is 12.3. The molecule has 20 heavy (non-hydrogen) atoms. The van der Waals surface area contributed by atoms with E-state index in [1.807, 2.05) is 36.4 Å². The lowest BCUT2D eigenvalue weighted by Gasteiger charge is -2.21. The number of amides is 1. The molecule has 104 valence electrons. The molecule has 0 saturated carbocycles. The first-order valence-electron chi connectivity index (χ1n) is 6.41. The average Bonchev–Trinajstić information content (AvgIpc) is 2.46. The van der Waals surface area contributed by atoms with Crippen molar-refractivity contribution in [1.29, 1.82) is 0 Å². The van der Waals surface area contributed by atoms with Crippen LogP contribution in [-0.2, 0) is 11.3 Å². The van der Waals surface area contributed by atoms with Crippen molar-refractivity contribution < 1.29 is 9.90 Å². The van der Waals surface area contributed by atoms with Gasteiger partial charge < -0.3 is 15.7 Å². The van der Waals surface area contributed by atoms with Crippen LogP contribution in [0.25, 0.3) is 0 Å². The molecule has 0 heterocycles. The van der Waals surface area contributed by atoms with Crippen LogP contribution in [0.5, 0.6) is 5.75 Å². The van der Waals surface area contributed by atoms with Crippen LogP contribution in [0.4, 0.5) is 0 Å². The number of phenolic OH excluding ortho intramolecular Hbond substituents is 1. The average molecular weight is 270 g/mol. The predicted molar refractivity (Wildman–Crippen MR) is 78.0 cm³/mol. The van der Waals surface area contributed by atoms with Gasteiger partial charge in [-0.3, -0.25) is 4.79 Å².